The molecule has 1 unspecified atom stereocenters. The molecule has 1 heterocycles. The Morgan fingerprint density at radius 1 is 1.62 bits per heavy atom. The lowest BCUT2D eigenvalue weighted by molar-refractivity contribution is -0.116. The van der Waals surface area contributed by atoms with E-state index in [1.54, 1.807) is 11.3 Å². The van der Waals surface area contributed by atoms with E-state index in [9.17, 15) is 4.79 Å². The summed E-state index contributed by atoms with van der Waals surface area (Å²) in [7, 11) is 0. The van der Waals surface area contributed by atoms with Crippen LogP contribution in [-0.2, 0) is 4.79 Å². The third-order valence-corrected chi connectivity index (χ3v) is 3.78. The number of hydrogen-bond donors (Lipinski definition) is 1. The van der Waals surface area contributed by atoms with Crippen LogP contribution in [0.3, 0.4) is 0 Å². The molecule has 1 aromatic heterocycles. The van der Waals surface area contributed by atoms with Crippen LogP contribution >= 0.6 is 27.3 Å². The molecule has 0 bridgehead atoms. The van der Waals surface area contributed by atoms with Gasteiger partial charge in [0.1, 0.15) is 0 Å². The number of thiophene rings is 1. The summed E-state index contributed by atoms with van der Waals surface area (Å²) in [5.74, 6) is 0.326. The molecule has 1 N–H and O–H groups in total. The fraction of sp³-hybridized carbons (Fsp3) is 0.444. The van der Waals surface area contributed by atoms with Crippen LogP contribution in [0.1, 0.15) is 13.8 Å². The largest absolute Gasteiger partial charge is 0.324 e. The van der Waals surface area contributed by atoms with Gasteiger partial charge in [-0.3, -0.25) is 4.79 Å². The second-order valence-electron chi connectivity index (χ2n) is 3.15. The van der Waals surface area contributed by atoms with Crippen LogP contribution in [0.2, 0.25) is 0 Å². The van der Waals surface area contributed by atoms with Gasteiger partial charge < -0.3 is 5.32 Å². The van der Waals surface area contributed by atoms with Crippen molar-refractivity contribution in [3.63, 3.8) is 0 Å². The fourth-order valence-electron chi connectivity index (χ4n) is 0.850. The number of carbonyl (C=O) groups is 1. The molecule has 4 heteroatoms. The van der Waals surface area contributed by atoms with Gasteiger partial charge in [0, 0.05) is 5.38 Å². The Morgan fingerprint density at radius 3 is 2.77 bits per heavy atom. The molecular formula is C9H12BrNOS. The monoisotopic (exact) mass is 261 g/mol. The molecule has 2 nitrogen and oxygen atoms in total. The third-order valence-electron chi connectivity index (χ3n) is 1.62. The minimum Gasteiger partial charge on any atom is -0.324 e. The van der Waals surface area contributed by atoms with Crippen LogP contribution in [0.4, 0.5) is 5.69 Å². The van der Waals surface area contributed by atoms with E-state index in [-0.39, 0.29) is 10.7 Å². The highest BCUT2D eigenvalue weighted by Crippen LogP contribution is 2.17. The van der Waals surface area contributed by atoms with E-state index in [1.807, 2.05) is 30.7 Å². The third kappa shape index (κ3) is 3.12. The maximum absolute atomic E-state index is 11.5. The number of hydrogen-bond acceptors (Lipinski definition) is 2. The van der Waals surface area contributed by atoms with Crippen LogP contribution in [0.5, 0.6) is 0 Å². The number of carbonyl (C=O) groups excluding carboxylic acids is 1. The Kier molecular flexibility index (Phi) is 3.93. The first-order valence-corrected chi connectivity index (χ1v) is 5.94. The molecule has 0 aliphatic heterocycles. The van der Waals surface area contributed by atoms with Crippen molar-refractivity contribution in [2.45, 2.75) is 18.7 Å². The number of nitrogens with one attached hydrogen (secondary N) is 1. The number of anilines is 1. The van der Waals surface area contributed by atoms with E-state index >= 15 is 0 Å². The number of halogens is 1. The van der Waals surface area contributed by atoms with Crippen LogP contribution in [-0.4, -0.2) is 10.7 Å². The number of rotatable bonds is 3. The Balaban J connectivity index is 2.51. The molecule has 72 valence electrons. The molecule has 1 amide bonds. The summed E-state index contributed by atoms with van der Waals surface area (Å²) < 4.78 is 0. The van der Waals surface area contributed by atoms with Gasteiger partial charge in [0.15, 0.2) is 0 Å². The average Bonchev–Trinajstić information content (AvgIpc) is 2.55. The van der Waals surface area contributed by atoms with Gasteiger partial charge in [-0.15, -0.1) is 0 Å². The molecule has 1 aromatic rings. The van der Waals surface area contributed by atoms with Crippen molar-refractivity contribution in [2.75, 3.05) is 5.32 Å². The smallest absolute Gasteiger partial charge is 0.238 e. The minimum absolute atomic E-state index is 0.0217. The highest BCUT2D eigenvalue weighted by Gasteiger charge is 2.18. The molecule has 0 aliphatic rings. The van der Waals surface area contributed by atoms with Crippen molar-refractivity contribution in [2.24, 2.45) is 5.92 Å². The summed E-state index contributed by atoms with van der Waals surface area (Å²) in [6.07, 6.45) is 0. The van der Waals surface area contributed by atoms with E-state index in [4.69, 9.17) is 0 Å². The lowest BCUT2D eigenvalue weighted by Crippen LogP contribution is -2.26. The summed E-state index contributed by atoms with van der Waals surface area (Å²) in [5.41, 5.74) is 0.875. The summed E-state index contributed by atoms with van der Waals surface area (Å²) in [6.45, 7) is 4.01. The zero-order chi connectivity index (χ0) is 9.84. The van der Waals surface area contributed by atoms with E-state index in [0.717, 1.165) is 5.69 Å². The van der Waals surface area contributed by atoms with E-state index in [2.05, 4.69) is 21.2 Å². The number of amides is 1. The lowest BCUT2D eigenvalue weighted by atomic mass is 10.1. The molecule has 0 fully saturated rings. The first-order valence-electron chi connectivity index (χ1n) is 4.08. The van der Waals surface area contributed by atoms with E-state index in [1.165, 1.54) is 0 Å². The molecule has 0 saturated carbocycles. The maximum atomic E-state index is 11.5. The maximum Gasteiger partial charge on any atom is 0.238 e. The van der Waals surface area contributed by atoms with Gasteiger partial charge in [-0.25, -0.2) is 0 Å². The standard InChI is InChI=1S/C9H12BrNOS/c1-6(2)8(10)9(12)11-7-3-4-13-5-7/h3-6,8H,1-2H3,(H,11,12). The summed E-state index contributed by atoms with van der Waals surface area (Å²) in [6, 6.07) is 1.89. The first kappa shape index (κ1) is 10.7. The second-order valence-corrected chi connectivity index (χ2v) is 4.91. The van der Waals surface area contributed by atoms with E-state index < -0.39 is 0 Å². The Labute approximate surface area is 90.5 Å². The minimum atomic E-state index is -0.118. The van der Waals surface area contributed by atoms with Crippen molar-refractivity contribution >= 4 is 38.9 Å². The summed E-state index contributed by atoms with van der Waals surface area (Å²) >= 11 is 4.92. The molecule has 0 aliphatic carbocycles. The summed E-state index contributed by atoms with van der Waals surface area (Å²) in [4.78, 5) is 11.4. The van der Waals surface area contributed by atoms with Gasteiger partial charge in [-0.2, -0.15) is 11.3 Å². The highest BCUT2D eigenvalue weighted by atomic mass is 79.9. The molecule has 0 aromatic carbocycles. The average molecular weight is 262 g/mol. The zero-order valence-electron chi connectivity index (χ0n) is 7.58. The Hall–Kier alpha value is -0.350. The van der Waals surface area contributed by atoms with Gasteiger partial charge in [0.2, 0.25) is 5.91 Å². The van der Waals surface area contributed by atoms with Crippen LogP contribution in [0, 0.1) is 5.92 Å². The SMILES string of the molecule is CC(C)C(Br)C(=O)Nc1ccsc1. The lowest BCUT2D eigenvalue weighted by Gasteiger charge is -2.12. The highest BCUT2D eigenvalue weighted by molar-refractivity contribution is 9.10. The Bertz CT molecular complexity index is 271. The topological polar surface area (TPSA) is 29.1 Å². The van der Waals surface area contributed by atoms with Crippen molar-refractivity contribution in [3.8, 4) is 0 Å². The molecule has 1 atom stereocenters. The van der Waals surface area contributed by atoms with Crippen molar-refractivity contribution in [1.82, 2.24) is 0 Å². The Morgan fingerprint density at radius 2 is 2.31 bits per heavy atom. The predicted octanol–water partition coefficient (Wildman–Crippen LogP) is 3.11. The van der Waals surface area contributed by atoms with Crippen molar-refractivity contribution in [3.05, 3.63) is 16.8 Å². The predicted molar refractivity (Wildman–Crippen MR) is 60.5 cm³/mol. The molecule has 13 heavy (non-hydrogen) atoms. The quantitative estimate of drug-likeness (QED) is 0.833. The van der Waals surface area contributed by atoms with Gasteiger partial charge in [-0.05, 0) is 17.4 Å². The van der Waals surface area contributed by atoms with Crippen LogP contribution in [0.15, 0.2) is 16.8 Å². The molecule has 0 radical (unpaired) electrons. The van der Waals surface area contributed by atoms with Gasteiger partial charge >= 0.3 is 0 Å². The second kappa shape index (κ2) is 4.77. The molecular weight excluding hydrogens is 250 g/mol. The van der Waals surface area contributed by atoms with Crippen LogP contribution in [0.25, 0.3) is 0 Å². The normalized spacial score (nSPS) is 12.9. The summed E-state index contributed by atoms with van der Waals surface area (Å²) in [5, 5.41) is 6.68. The first-order chi connectivity index (χ1) is 6.11. The molecule has 0 saturated heterocycles. The number of alkyl halides is 1. The fourth-order valence-corrected chi connectivity index (χ4v) is 1.55. The van der Waals surface area contributed by atoms with E-state index in [0.29, 0.717) is 5.92 Å². The van der Waals surface area contributed by atoms with Crippen LogP contribution < -0.4 is 5.32 Å². The van der Waals surface area contributed by atoms with Crippen molar-refractivity contribution in [1.29, 1.82) is 0 Å². The van der Waals surface area contributed by atoms with Crippen molar-refractivity contribution < 1.29 is 4.79 Å². The van der Waals surface area contributed by atoms with Gasteiger partial charge in [0.25, 0.3) is 0 Å². The molecule has 0 spiro atoms. The zero-order valence-corrected chi connectivity index (χ0v) is 9.98. The van der Waals surface area contributed by atoms with Gasteiger partial charge in [0.05, 0.1) is 10.5 Å². The molecule has 1 rings (SSSR count). The van der Waals surface area contributed by atoms with Gasteiger partial charge in [-0.1, -0.05) is 29.8 Å².